The van der Waals surface area contributed by atoms with Crippen LogP contribution in [-0.2, 0) is 19.6 Å². The van der Waals surface area contributed by atoms with Crippen molar-refractivity contribution >= 4 is 12.1 Å². The second-order valence-electron chi connectivity index (χ2n) is 7.12. The van der Waals surface area contributed by atoms with Gasteiger partial charge in [-0.15, -0.1) is 0 Å². The highest BCUT2D eigenvalue weighted by Gasteiger charge is 2.21. The van der Waals surface area contributed by atoms with Gasteiger partial charge in [0.15, 0.2) is 0 Å². The van der Waals surface area contributed by atoms with Gasteiger partial charge in [-0.1, -0.05) is 20.8 Å². The fourth-order valence-corrected chi connectivity index (χ4v) is 2.22. The molecule has 0 aromatic heterocycles. The first-order chi connectivity index (χ1) is 11.0. The smallest absolute Gasteiger partial charge is 0.432 e. The highest BCUT2D eigenvalue weighted by molar-refractivity contribution is 5.93. The normalized spacial score (nSPS) is 11.2. The van der Waals surface area contributed by atoms with Crippen molar-refractivity contribution in [2.24, 2.45) is 5.41 Å². The van der Waals surface area contributed by atoms with Crippen molar-refractivity contribution in [1.29, 1.82) is 0 Å². The molecule has 0 saturated carbocycles. The van der Waals surface area contributed by atoms with E-state index in [4.69, 9.17) is 4.74 Å². The molecular weight excluding hydrogens is 312 g/mol. The topological polar surface area (TPSA) is 71.1 Å². The van der Waals surface area contributed by atoms with E-state index < -0.39 is 12.1 Å². The molecule has 0 bridgehead atoms. The summed E-state index contributed by atoms with van der Waals surface area (Å²) in [6.07, 6.45) is -1.07. The molecule has 0 amide bonds. The SMILES string of the molecule is Cc1c(C)c(C)c(C(=O)OOOC(=O)OCC(C)(C)C)c(C)c1C. The molecule has 0 aliphatic carbocycles. The fourth-order valence-electron chi connectivity index (χ4n) is 2.22. The van der Waals surface area contributed by atoms with E-state index in [2.05, 4.69) is 14.8 Å². The Morgan fingerprint density at radius 2 is 1.25 bits per heavy atom. The lowest BCUT2D eigenvalue weighted by atomic mass is 9.90. The van der Waals surface area contributed by atoms with E-state index in [1.807, 2.05) is 55.4 Å². The molecule has 6 heteroatoms. The molecule has 0 N–H and O–H groups in total. The van der Waals surface area contributed by atoms with Crippen LogP contribution in [0.1, 0.15) is 58.9 Å². The molecule has 0 heterocycles. The van der Waals surface area contributed by atoms with Gasteiger partial charge in [-0.3, -0.25) is 4.89 Å². The van der Waals surface area contributed by atoms with Gasteiger partial charge in [-0.05, 0) is 67.9 Å². The number of benzene rings is 1. The summed E-state index contributed by atoms with van der Waals surface area (Å²) >= 11 is 0. The zero-order valence-corrected chi connectivity index (χ0v) is 15.7. The molecule has 1 aromatic rings. The summed E-state index contributed by atoms with van der Waals surface area (Å²) < 4.78 is 4.82. The van der Waals surface area contributed by atoms with Crippen LogP contribution in [0.2, 0.25) is 0 Å². The summed E-state index contributed by atoms with van der Waals surface area (Å²) in [6.45, 7) is 15.4. The molecule has 0 saturated heterocycles. The number of ether oxygens (including phenoxy) is 1. The Kier molecular flexibility index (Phi) is 6.37. The Labute approximate surface area is 142 Å². The Hall–Kier alpha value is -2.08. The molecule has 0 spiro atoms. The molecule has 0 radical (unpaired) electrons. The van der Waals surface area contributed by atoms with E-state index in [1.165, 1.54) is 0 Å². The quantitative estimate of drug-likeness (QED) is 0.459. The maximum absolute atomic E-state index is 12.2. The third-order valence-electron chi connectivity index (χ3n) is 4.04. The highest BCUT2D eigenvalue weighted by Crippen LogP contribution is 2.26. The maximum atomic E-state index is 12.2. The molecule has 0 aliphatic heterocycles. The summed E-state index contributed by atoms with van der Waals surface area (Å²) in [4.78, 5) is 32.4. The monoisotopic (exact) mass is 338 g/mol. The Balaban J connectivity index is 2.69. The number of hydrogen-bond donors (Lipinski definition) is 0. The van der Waals surface area contributed by atoms with Crippen LogP contribution in [-0.4, -0.2) is 18.7 Å². The summed E-state index contributed by atoms with van der Waals surface area (Å²) in [5.74, 6) is -0.722. The van der Waals surface area contributed by atoms with Crippen molar-refractivity contribution in [3.8, 4) is 0 Å². The zero-order chi connectivity index (χ0) is 18.7. The van der Waals surface area contributed by atoms with Crippen LogP contribution in [0.3, 0.4) is 0 Å². The average molecular weight is 338 g/mol. The van der Waals surface area contributed by atoms with Crippen LogP contribution in [0.25, 0.3) is 0 Å². The first kappa shape index (κ1) is 20.0. The fraction of sp³-hybridized carbons (Fsp3) is 0.556. The Morgan fingerprint density at radius 3 is 1.71 bits per heavy atom. The number of carbonyl (C=O) groups is 2. The van der Waals surface area contributed by atoms with Gasteiger partial charge in [0.05, 0.1) is 17.2 Å². The lowest BCUT2D eigenvalue weighted by Gasteiger charge is -2.17. The van der Waals surface area contributed by atoms with Crippen molar-refractivity contribution in [2.45, 2.75) is 55.4 Å². The van der Waals surface area contributed by atoms with Gasteiger partial charge < -0.3 is 4.74 Å². The zero-order valence-electron chi connectivity index (χ0n) is 15.7. The second-order valence-corrected chi connectivity index (χ2v) is 7.12. The van der Waals surface area contributed by atoms with Gasteiger partial charge in [0.2, 0.25) is 0 Å². The number of rotatable bonds is 4. The van der Waals surface area contributed by atoms with E-state index in [-0.39, 0.29) is 12.0 Å². The third-order valence-corrected chi connectivity index (χ3v) is 4.04. The minimum absolute atomic E-state index is 0.151. The van der Waals surface area contributed by atoms with Crippen LogP contribution in [0.4, 0.5) is 4.79 Å². The summed E-state index contributed by atoms with van der Waals surface area (Å²) in [7, 11) is 0. The largest absolute Gasteiger partial charge is 0.543 e. The van der Waals surface area contributed by atoms with Crippen molar-refractivity contribution in [3.63, 3.8) is 0 Å². The predicted octanol–water partition coefficient (Wildman–Crippen LogP) is 4.43. The van der Waals surface area contributed by atoms with E-state index in [1.54, 1.807) is 0 Å². The van der Waals surface area contributed by atoms with Crippen LogP contribution in [0, 0.1) is 40.0 Å². The molecule has 134 valence electrons. The van der Waals surface area contributed by atoms with E-state index in [0.29, 0.717) is 5.56 Å². The summed E-state index contributed by atoms with van der Waals surface area (Å²) in [5.41, 5.74) is 4.96. The predicted molar refractivity (Wildman–Crippen MR) is 88.5 cm³/mol. The number of carbonyl (C=O) groups excluding carboxylic acids is 2. The van der Waals surface area contributed by atoms with Gasteiger partial charge >= 0.3 is 12.1 Å². The minimum Gasteiger partial charge on any atom is -0.432 e. The molecule has 6 nitrogen and oxygen atoms in total. The second kappa shape index (κ2) is 7.66. The maximum Gasteiger partial charge on any atom is 0.543 e. The van der Waals surface area contributed by atoms with E-state index >= 15 is 0 Å². The van der Waals surface area contributed by atoms with E-state index in [9.17, 15) is 9.59 Å². The Bertz CT molecular complexity index is 611. The van der Waals surface area contributed by atoms with Crippen molar-refractivity contribution in [3.05, 3.63) is 33.4 Å². The average Bonchev–Trinajstić information content (AvgIpc) is 2.48. The molecular formula is C18H26O6. The molecule has 0 atom stereocenters. The third kappa shape index (κ3) is 4.96. The van der Waals surface area contributed by atoms with E-state index in [0.717, 1.165) is 27.8 Å². The highest BCUT2D eigenvalue weighted by atomic mass is 17.5. The van der Waals surface area contributed by atoms with Gasteiger partial charge in [-0.25, -0.2) is 14.5 Å². The molecule has 0 aliphatic rings. The lowest BCUT2D eigenvalue weighted by Crippen LogP contribution is -2.20. The van der Waals surface area contributed by atoms with Crippen molar-refractivity contribution in [2.75, 3.05) is 6.61 Å². The lowest BCUT2D eigenvalue weighted by molar-refractivity contribution is -0.452. The molecule has 1 rings (SSSR count). The van der Waals surface area contributed by atoms with Crippen LogP contribution < -0.4 is 0 Å². The van der Waals surface area contributed by atoms with Crippen LogP contribution >= 0.6 is 0 Å². The van der Waals surface area contributed by atoms with Gasteiger partial charge in [-0.2, -0.15) is 0 Å². The molecule has 24 heavy (non-hydrogen) atoms. The molecule has 0 unspecified atom stereocenters. The van der Waals surface area contributed by atoms with Gasteiger partial charge in [0.25, 0.3) is 0 Å². The van der Waals surface area contributed by atoms with Crippen molar-refractivity contribution < 1.29 is 29.1 Å². The summed E-state index contributed by atoms with van der Waals surface area (Å²) in [5, 5.41) is 4.27. The first-order valence-corrected chi connectivity index (χ1v) is 7.75. The number of hydrogen-bond acceptors (Lipinski definition) is 6. The first-order valence-electron chi connectivity index (χ1n) is 7.75. The van der Waals surface area contributed by atoms with Gasteiger partial charge in [0, 0.05) is 0 Å². The minimum atomic E-state index is -1.07. The molecule has 0 fully saturated rings. The standard InChI is InChI=1S/C18H26O6/c1-10-11(2)13(4)15(14(5)12(10)3)16(19)22-24-23-17(20)21-9-18(6,7)8/h9H2,1-8H3. The van der Waals surface area contributed by atoms with Gasteiger partial charge in [0.1, 0.15) is 0 Å². The van der Waals surface area contributed by atoms with Crippen molar-refractivity contribution in [1.82, 2.24) is 0 Å². The van der Waals surface area contributed by atoms with Crippen LogP contribution in [0.5, 0.6) is 0 Å². The summed E-state index contributed by atoms with van der Waals surface area (Å²) in [6, 6.07) is 0. The Morgan fingerprint density at radius 1 is 0.792 bits per heavy atom. The molecule has 1 aromatic carbocycles. The van der Waals surface area contributed by atoms with Crippen LogP contribution in [0.15, 0.2) is 0 Å².